The van der Waals surface area contributed by atoms with Crippen LogP contribution in [-0.2, 0) is 11.2 Å². The van der Waals surface area contributed by atoms with Gasteiger partial charge in [0.2, 0.25) is 5.91 Å². The third-order valence-corrected chi connectivity index (χ3v) is 4.20. The van der Waals surface area contributed by atoms with Gasteiger partial charge in [-0.15, -0.1) is 0 Å². The van der Waals surface area contributed by atoms with Crippen molar-refractivity contribution >= 4 is 29.1 Å². The third kappa shape index (κ3) is 3.22. The number of carbonyl (C=O) groups is 2. The molecule has 1 unspecified atom stereocenters. The van der Waals surface area contributed by atoms with Gasteiger partial charge in [-0.25, -0.2) is 0 Å². The first-order chi connectivity index (χ1) is 11.1. The van der Waals surface area contributed by atoms with E-state index in [9.17, 15) is 9.59 Å². The highest BCUT2D eigenvalue weighted by molar-refractivity contribution is 6.31. The summed E-state index contributed by atoms with van der Waals surface area (Å²) in [6.07, 6.45) is 0.837. The first-order valence-electron chi connectivity index (χ1n) is 7.50. The quantitative estimate of drug-likeness (QED) is 0.941. The van der Waals surface area contributed by atoms with E-state index in [0.717, 1.165) is 17.7 Å². The highest BCUT2D eigenvalue weighted by atomic mass is 35.5. The van der Waals surface area contributed by atoms with Gasteiger partial charge in [0.15, 0.2) is 0 Å². The number of nitrogens with zero attached hydrogens (tertiary/aromatic N) is 1. The van der Waals surface area contributed by atoms with Crippen LogP contribution in [0.3, 0.4) is 0 Å². The van der Waals surface area contributed by atoms with Crippen molar-refractivity contribution in [1.29, 1.82) is 0 Å². The van der Waals surface area contributed by atoms with Crippen LogP contribution in [0.15, 0.2) is 48.5 Å². The van der Waals surface area contributed by atoms with Crippen LogP contribution in [0.5, 0.6) is 0 Å². The molecule has 0 spiro atoms. The van der Waals surface area contributed by atoms with E-state index in [1.165, 1.54) is 0 Å². The predicted molar refractivity (Wildman–Crippen MR) is 90.9 cm³/mol. The fourth-order valence-corrected chi connectivity index (χ4v) is 3.11. The number of nitrogens with one attached hydrogen (secondary N) is 1. The number of benzene rings is 2. The SMILES string of the molecule is CC1Cc2ccccc2N1C(=O)CNC(=O)c1cccc(Cl)c1. The number of hydrogen-bond acceptors (Lipinski definition) is 2. The molecular formula is C18H17ClN2O2. The standard InChI is InChI=1S/C18H17ClN2O2/c1-12-9-13-5-2-3-8-16(13)21(12)17(22)11-20-18(23)14-6-4-7-15(19)10-14/h2-8,10,12H,9,11H2,1H3,(H,20,23). The largest absolute Gasteiger partial charge is 0.343 e. The molecule has 0 aliphatic carbocycles. The van der Waals surface area contributed by atoms with Crippen molar-refractivity contribution < 1.29 is 9.59 Å². The summed E-state index contributed by atoms with van der Waals surface area (Å²) in [5.74, 6) is -0.418. The van der Waals surface area contributed by atoms with E-state index >= 15 is 0 Å². The molecular weight excluding hydrogens is 312 g/mol. The van der Waals surface area contributed by atoms with Crippen LogP contribution < -0.4 is 10.2 Å². The Labute approximate surface area is 140 Å². The van der Waals surface area contributed by atoms with Crippen molar-refractivity contribution in [2.75, 3.05) is 11.4 Å². The van der Waals surface area contributed by atoms with Crippen molar-refractivity contribution in [2.24, 2.45) is 0 Å². The minimum absolute atomic E-state index is 0.0377. The van der Waals surface area contributed by atoms with Crippen LogP contribution in [-0.4, -0.2) is 24.4 Å². The molecule has 1 heterocycles. The Morgan fingerprint density at radius 2 is 2.00 bits per heavy atom. The molecule has 2 aromatic rings. The Kier molecular flexibility index (Phi) is 4.35. The van der Waals surface area contributed by atoms with Gasteiger partial charge >= 0.3 is 0 Å². The van der Waals surface area contributed by atoms with Crippen molar-refractivity contribution in [1.82, 2.24) is 5.32 Å². The molecule has 1 N–H and O–H groups in total. The number of carbonyl (C=O) groups excluding carboxylic acids is 2. The lowest BCUT2D eigenvalue weighted by atomic mass is 10.1. The number of anilines is 1. The molecule has 23 heavy (non-hydrogen) atoms. The number of rotatable bonds is 3. The van der Waals surface area contributed by atoms with Crippen molar-refractivity contribution in [3.8, 4) is 0 Å². The van der Waals surface area contributed by atoms with Gasteiger partial charge in [0, 0.05) is 22.3 Å². The summed E-state index contributed by atoms with van der Waals surface area (Å²) in [4.78, 5) is 26.4. The van der Waals surface area contributed by atoms with Crippen LogP contribution >= 0.6 is 11.6 Å². The highest BCUT2D eigenvalue weighted by Crippen LogP contribution is 2.31. The average Bonchev–Trinajstić information content (AvgIpc) is 2.88. The van der Waals surface area contributed by atoms with E-state index in [4.69, 9.17) is 11.6 Å². The van der Waals surface area contributed by atoms with Crippen molar-refractivity contribution in [3.05, 3.63) is 64.7 Å². The van der Waals surface area contributed by atoms with Crippen LogP contribution in [0.4, 0.5) is 5.69 Å². The first-order valence-corrected chi connectivity index (χ1v) is 7.88. The number of amides is 2. The summed E-state index contributed by atoms with van der Waals surface area (Å²) in [5, 5.41) is 3.16. The zero-order valence-electron chi connectivity index (χ0n) is 12.8. The smallest absolute Gasteiger partial charge is 0.251 e. The molecule has 4 nitrogen and oxygen atoms in total. The molecule has 2 aromatic carbocycles. The van der Waals surface area contributed by atoms with Crippen molar-refractivity contribution in [3.63, 3.8) is 0 Å². The molecule has 0 radical (unpaired) electrons. The first kappa shape index (κ1) is 15.6. The maximum Gasteiger partial charge on any atom is 0.251 e. The Morgan fingerprint density at radius 1 is 1.22 bits per heavy atom. The van der Waals surface area contributed by atoms with Gasteiger partial charge in [0.05, 0.1) is 6.54 Å². The lowest BCUT2D eigenvalue weighted by Crippen LogP contribution is -2.43. The van der Waals surface area contributed by atoms with Crippen LogP contribution in [0.25, 0.3) is 0 Å². The number of para-hydroxylation sites is 1. The number of hydrogen-bond donors (Lipinski definition) is 1. The molecule has 0 saturated heterocycles. The molecule has 2 amide bonds. The van der Waals surface area contributed by atoms with Gasteiger partial charge in [-0.2, -0.15) is 0 Å². The Balaban J connectivity index is 1.67. The minimum atomic E-state index is -0.305. The third-order valence-electron chi connectivity index (χ3n) is 3.96. The molecule has 1 aliphatic rings. The summed E-state index contributed by atoms with van der Waals surface area (Å²) in [6, 6.07) is 14.6. The van der Waals surface area contributed by atoms with Crippen molar-refractivity contribution in [2.45, 2.75) is 19.4 Å². The monoisotopic (exact) mass is 328 g/mol. The zero-order chi connectivity index (χ0) is 16.4. The summed E-state index contributed by atoms with van der Waals surface area (Å²) in [6.45, 7) is 1.97. The summed E-state index contributed by atoms with van der Waals surface area (Å²) >= 11 is 5.88. The summed E-state index contributed by atoms with van der Waals surface area (Å²) in [5.41, 5.74) is 2.54. The van der Waals surface area contributed by atoms with Crippen LogP contribution in [0, 0.1) is 0 Å². The number of halogens is 1. The molecule has 118 valence electrons. The molecule has 0 bridgehead atoms. The van der Waals surface area contributed by atoms with E-state index in [1.54, 1.807) is 29.2 Å². The summed E-state index contributed by atoms with van der Waals surface area (Å²) < 4.78 is 0. The number of fused-ring (bicyclic) bond motifs is 1. The highest BCUT2D eigenvalue weighted by Gasteiger charge is 2.30. The molecule has 5 heteroatoms. The maximum absolute atomic E-state index is 12.5. The van der Waals surface area contributed by atoms with Gasteiger partial charge in [-0.1, -0.05) is 35.9 Å². The van der Waals surface area contributed by atoms with Gasteiger partial charge in [-0.3, -0.25) is 9.59 Å². The topological polar surface area (TPSA) is 49.4 Å². The molecule has 3 rings (SSSR count). The second kappa shape index (κ2) is 6.42. The predicted octanol–water partition coefficient (Wildman–Crippen LogP) is 3.05. The van der Waals surface area contributed by atoms with Crippen LogP contribution in [0.1, 0.15) is 22.8 Å². The molecule has 0 aromatic heterocycles. The molecule has 0 saturated carbocycles. The molecule has 0 fully saturated rings. The van der Waals surface area contributed by atoms with Gasteiger partial charge < -0.3 is 10.2 Å². The van der Waals surface area contributed by atoms with Gasteiger partial charge in [-0.05, 0) is 43.2 Å². The average molecular weight is 329 g/mol. The lowest BCUT2D eigenvalue weighted by molar-refractivity contribution is -0.118. The molecule has 1 atom stereocenters. The Bertz CT molecular complexity index is 760. The van der Waals surface area contributed by atoms with Gasteiger partial charge in [0.25, 0.3) is 5.91 Å². The normalized spacial score (nSPS) is 16.1. The maximum atomic E-state index is 12.5. The second-order valence-electron chi connectivity index (χ2n) is 5.64. The molecule has 1 aliphatic heterocycles. The summed E-state index contributed by atoms with van der Waals surface area (Å²) in [7, 11) is 0. The fourth-order valence-electron chi connectivity index (χ4n) is 2.92. The fraction of sp³-hybridized carbons (Fsp3) is 0.222. The van der Waals surface area contributed by atoms with Gasteiger partial charge in [0.1, 0.15) is 0 Å². The Hall–Kier alpha value is -2.33. The zero-order valence-corrected chi connectivity index (χ0v) is 13.5. The van der Waals surface area contributed by atoms with Crippen LogP contribution in [0.2, 0.25) is 5.02 Å². The Morgan fingerprint density at radius 3 is 2.78 bits per heavy atom. The van der Waals surface area contributed by atoms with E-state index in [0.29, 0.717) is 10.6 Å². The van der Waals surface area contributed by atoms with E-state index in [2.05, 4.69) is 5.32 Å². The van der Waals surface area contributed by atoms with E-state index < -0.39 is 0 Å². The van der Waals surface area contributed by atoms with E-state index in [1.807, 2.05) is 31.2 Å². The van der Waals surface area contributed by atoms with E-state index in [-0.39, 0.29) is 24.4 Å². The lowest BCUT2D eigenvalue weighted by Gasteiger charge is -2.22. The second-order valence-corrected chi connectivity index (χ2v) is 6.08. The minimum Gasteiger partial charge on any atom is -0.343 e.